The van der Waals surface area contributed by atoms with E-state index in [1.54, 1.807) is 18.9 Å². The number of ether oxygens (including phenoxy) is 2. The van der Waals surface area contributed by atoms with E-state index in [-0.39, 0.29) is 22.9 Å². The predicted octanol–water partition coefficient (Wildman–Crippen LogP) is 3.85. The van der Waals surface area contributed by atoms with Gasteiger partial charge in [-0.25, -0.2) is 0 Å². The number of allylic oxidation sites excluding steroid dienone is 1. The van der Waals surface area contributed by atoms with Crippen molar-refractivity contribution < 1.29 is 14.2 Å². The number of benzene rings is 2. The van der Waals surface area contributed by atoms with Crippen LogP contribution in [0, 0.1) is 34.0 Å². The summed E-state index contributed by atoms with van der Waals surface area (Å²) < 4.78 is 12.1. The first-order chi connectivity index (χ1) is 14.5. The van der Waals surface area contributed by atoms with E-state index in [0.717, 1.165) is 34.0 Å². The summed E-state index contributed by atoms with van der Waals surface area (Å²) in [5, 5.41) is 22.2. The van der Waals surface area contributed by atoms with Gasteiger partial charge in [-0.15, -0.1) is 0 Å². The molecular weight excluding hydrogens is 376 g/mol. The van der Waals surface area contributed by atoms with Crippen LogP contribution >= 0.6 is 0 Å². The first-order valence-corrected chi connectivity index (χ1v) is 9.70. The number of rotatable bonds is 5. The summed E-state index contributed by atoms with van der Waals surface area (Å²) >= 11 is 0. The smallest absolute Gasteiger partial charge is 0.376 e. The van der Waals surface area contributed by atoms with Crippen LogP contribution in [0.4, 0.5) is 0 Å². The summed E-state index contributed by atoms with van der Waals surface area (Å²) in [6, 6.07) is 17.6. The molecule has 0 aromatic heterocycles. The number of nitrogens with zero attached hydrogens (tertiary/aromatic N) is 3. The van der Waals surface area contributed by atoms with Crippen molar-refractivity contribution in [2.45, 2.75) is 13.8 Å². The van der Waals surface area contributed by atoms with Gasteiger partial charge < -0.3 is 9.47 Å². The van der Waals surface area contributed by atoms with Crippen LogP contribution in [-0.4, -0.2) is 36.2 Å². The highest BCUT2D eigenvalue weighted by Crippen LogP contribution is 2.62. The molecule has 0 saturated heterocycles. The Labute approximate surface area is 175 Å². The number of hydrogen-bond donors (Lipinski definition) is 1. The van der Waals surface area contributed by atoms with Crippen LogP contribution in [0.2, 0.25) is 0 Å². The molecular formula is C24H23N4O2+. The SMILES string of the molecule is COc1ccc(C2=N[N+](C(=C=N)C#N)=C(c3ccc(OC)cc3)[C@H]3[C@@H]2C3(C)C)cc1. The molecule has 6 heteroatoms. The second-order valence-corrected chi connectivity index (χ2v) is 8.00. The van der Waals surface area contributed by atoms with Crippen LogP contribution in [0.25, 0.3) is 0 Å². The number of fused-ring (bicyclic) bond motifs is 1. The van der Waals surface area contributed by atoms with Crippen molar-refractivity contribution in [2.24, 2.45) is 22.4 Å². The Morgan fingerprint density at radius 1 is 0.967 bits per heavy atom. The minimum absolute atomic E-state index is 0.0363. The van der Waals surface area contributed by atoms with E-state index in [2.05, 4.69) is 25.8 Å². The molecule has 2 aromatic carbocycles. The van der Waals surface area contributed by atoms with E-state index in [4.69, 9.17) is 20.0 Å². The molecule has 2 aromatic rings. The number of nitriles is 1. The summed E-state index contributed by atoms with van der Waals surface area (Å²) in [6.07, 6.45) is 0. The lowest BCUT2D eigenvalue weighted by Crippen LogP contribution is -2.28. The largest absolute Gasteiger partial charge is 0.497 e. The van der Waals surface area contributed by atoms with Gasteiger partial charge in [-0.2, -0.15) is 5.26 Å². The molecule has 1 heterocycles. The minimum Gasteiger partial charge on any atom is -0.497 e. The average molecular weight is 399 g/mol. The molecule has 1 saturated carbocycles. The van der Waals surface area contributed by atoms with Gasteiger partial charge in [0.05, 0.1) is 26.0 Å². The minimum atomic E-state index is -0.0363. The Hall–Kier alpha value is -3.68. The Morgan fingerprint density at radius 3 is 1.97 bits per heavy atom. The molecule has 1 fully saturated rings. The normalized spacial score (nSPS) is 21.0. The maximum absolute atomic E-state index is 9.65. The lowest BCUT2D eigenvalue weighted by atomic mass is 9.98. The summed E-state index contributed by atoms with van der Waals surface area (Å²) in [5.74, 6) is 4.18. The number of nitrogens with one attached hydrogen (secondary N) is 1. The number of hydrazone groups is 1. The summed E-state index contributed by atoms with van der Waals surface area (Å²) in [6.45, 7) is 4.43. The zero-order valence-corrected chi connectivity index (χ0v) is 17.4. The summed E-state index contributed by atoms with van der Waals surface area (Å²) in [4.78, 5) is 0. The van der Waals surface area contributed by atoms with Crippen LogP contribution in [0.5, 0.6) is 11.5 Å². The van der Waals surface area contributed by atoms with E-state index < -0.39 is 0 Å². The topological polar surface area (TPSA) is 81.5 Å². The molecule has 30 heavy (non-hydrogen) atoms. The van der Waals surface area contributed by atoms with Gasteiger partial charge in [0.1, 0.15) is 17.2 Å². The van der Waals surface area contributed by atoms with Crippen molar-refractivity contribution in [1.82, 2.24) is 0 Å². The zero-order chi connectivity index (χ0) is 21.5. The Morgan fingerprint density at radius 2 is 1.50 bits per heavy atom. The molecule has 6 nitrogen and oxygen atoms in total. The molecule has 2 atom stereocenters. The molecule has 1 aliphatic carbocycles. The predicted molar refractivity (Wildman–Crippen MR) is 115 cm³/mol. The molecule has 0 radical (unpaired) electrons. The highest BCUT2D eigenvalue weighted by atomic mass is 16.5. The highest BCUT2D eigenvalue weighted by molar-refractivity contribution is 6.13. The van der Waals surface area contributed by atoms with E-state index >= 15 is 0 Å². The lowest BCUT2D eigenvalue weighted by molar-refractivity contribution is -0.476. The van der Waals surface area contributed by atoms with Gasteiger partial charge in [-0.05, 0) is 58.6 Å². The quantitative estimate of drug-likeness (QED) is 0.471. The third-order valence-electron chi connectivity index (χ3n) is 6.06. The summed E-state index contributed by atoms with van der Waals surface area (Å²) in [5.41, 5.74) is 3.79. The molecule has 2 aliphatic rings. The van der Waals surface area contributed by atoms with E-state index in [1.807, 2.05) is 48.5 Å². The molecule has 1 aliphatic heterocycles. The van der Waals surface area contributed by atoms with Crippen molar-refractivity contribution >= 4 is 17.3 Å². The maximum atomic E-state index is 9.65. The van der Waals surface area contributed by atoms with E-state index in [9.17, 15) is 5.26 Å². The molecule has 0 amide bonds. The molecule has 1 N–H and O–H groups in total. The van der Waals surface area contributed by atoms with Gasteiger partial charge in [-0.3, -0.25) is 5.41 Å². The van der Waals surface area contributed by atoms with Crippen molar-refractivity contribution in [3.63, 3.8) is 0 Å². The summed E-state index contributed by atoms with van der Waals surface area (Å²) in [7, 11) is 3.27. The first-order valence-electron chi connectivity index (χ1n) is 9.70. The number of hydrogen-bond acceptors (Lipinski definition) is 5. The van der Waals surface area contributed by atoms with Crippen LogP contribution < -0.4 is 9.47 Å². The van der Waals surface area contributed by atoms with Crippen LogP contribution in [0.1, 0.15) is 25.0 Å². The fourth-order valence-corrected chi connectivity index (χ4v) is 4.38. The van der Waals surface area contributed by atoms with Gasteiger partial charge in [0.25, 0.3) is 0 Å². The third kappa shape index (κ3) is 3.01. The van der Waals surface area contributed by atoms with Crippen LogP contribution in [-0.2, 0) is 0 Å². The van der Waals surface area contributed by atoms with Crippen molar-refractivity contribution in [3.8, 4) is 17.6 Å². The monoisotopic (exact) mass is 399 g/mol. The Kier molecular flexibility index (Phi) is 4.77. The van der Waals surface area contributed by atoms with Crippen LogP contribution in [0.15, 0.2) is 59.3 Å². The van der Waals surface area contributed by atoms with Gasteiger partial charge in [-0.1, -0.05) is 13.8 Å². The second kappa shape index (κ2) is 7.29. The Balaban J connectivity index is 1.93. The van der Waals surface area contributed by atoms with Crippen LogP contribution in [0.3, 0.4) is 0 Å². The van der Waals surface area contributed by atoms with Gasteiger partial charge in [0.2, 0.25) is 5.71 Å². The van der Waals surface area contributed by atoms with E-state index in [1.165, 1.54) is 0 Å². The molecule has 0 unspecified atom stereocenters. The van der Waals surface area contributed by atoms with Crippen molar-refractivity contribution in [2.75, 3.05) is 14.2 Å². The fraction of sp³-hybridized carbons (Fsp3) is 0.292. The van der Waals surface area contributed by atoms with Gasteiger partial charge in [0, 0.05) is 22.1 Å². The highest BCUT2D eigenvalue weighted by Gasteiger charge is 2.68. The standard InChI is InChI=1S/C24H23N4O2/c1-24(2)20-21(24)23(16-7-11-19(30-4)12-8-16)28(17(13-25)14-26)27-22(20)15-5-9-18(29-3)10-6-15/h5-12,20-21,25H,1-4H3/q+1/t20-,21+/m0/s1. The fourth-order valence-electron chi connectivity index (χ4n) is 4.38. The second-order valence-electron chi connectivity index (χ2n) is 8.00. The van der Waals surface area contributed by atoms with Gasteiger partial charge in [0.15, 0.2) is 6.07 Å². The van der Waals surface area contributed by atoms with Gasteiger partial charge >= 0.3 is 5.70 Å². The first kappa shape index (κ1) is 19.6. The van der Waals surface area contributed by atoms with Crippen molar-refractivity contribution in [3.05, 3.63) is 65.4 Å². The molecule has 150 valence electrons. The average Bonchev–Trinajstić information content (AvgIpc) is 3.36. The lowest BCUT2D eigenvalue weighted by Gasteiger charge is -2.12. The number of methoxy groups -OCH3 is 2. The Bertz CT molecular complexity index is 1150. The third-order valence-corrected chi connectivity index (χ3v) is 6.06. The molecule has 4 rings (SSSR count). The van der Waals surface area contributed by atoms with E-state index in [0.29, 0.717) is 0 Å². The zero-order valence-electron chi connectivity index (χ0n) is 17.4. The molecule has 0 spiro atoms. The molecule has 0 bridgehead atoms. The maximum Gasteiger partial charge on any atom is 0.376 e. The van der Waals surface area contributed by atoms with Crippen molar-refractivity contribution in [1.29, 1.82) is 10.7 Å².